The first kappa shape index (κ1) is 15.1. The highest BCUT2D eigenvalue weighted by atomic mass is 127. The van der Waals surface area contributed by atoms with Crippen LogP contribution in [0.2, 0.25) is 0 Å². The van der Waals surface area contributed by atoms with Crippen molar-refractivity contribution in [2.45, 2.75) is 31.3 Å². The smallest absolute Gasteiger partial charge is 0.330 e. The molecule has 19 heavy (non-hydrogen) atoms. The number of nitrogens with zero attached hydrogens (tertiary/aromatic N) is 1. The number of H-pyrrole nitrogens is 1. The van der Waals surface area contributed by atoms with E-state index >= 15 is 0 Å². The second-order valence-electron chi connectivity index (χ2n) is 4.58. The van der Waals surface area contributed by atoms with Gasteiger partial charge in [0.2, 0.25) is 0 Å². The summed E-state index contributed by atoms with van der Waals surface area (Å²) in [6.45, 7) is 2.28. The quantitative estimate of drug-likeness (QED) is 0.569. The number of halogens is 1. The van der Waals surface area contributed by atoms with Gasteiger partial charge in [0.1, 0.15) is 5.60 Å². The lowest BCUT2D eigenvalue weighted by Gasteiger charge is -2.24. The lowest BCUT2D eigenvalue weighted by Crippen LogP contribution is -2.40. The van der Waals surface area contributed by atoms with E-state index in [-0.39, 0.29) is 6.10 Å². The topological polar surface area (TPSA) is 93.5 Å². The number of rotatable bonds is 4. The minimum Gasteiger partial charge on any atom is -0.385 e. The second kappa shape index (κ2) is 6.01. The standard InChI is InChI=1S/C10H14IN2O5P/c1-10(16)4-6(5-17-19-11)18-8(10)13-3-2-7(14)12-9(13)15/h2-3,6,8,16,19H,4-5H2,1H3,(H,12,14,15)/t6?,8?,10-/m0/s1. The van der Waals surface area contributed by atoms with Crippen LogP contribution in [0.4, 0.5) is 0 Å². The van der Waals surface area contributed by atoms with Crippen molar-refractivity contribution in [2.75, 3.05) is 6.61 Å². The highest BCUT2D eigenvalue weighted by molar-refractivity contribution is 14.2. The van der Waals surface area contributed by atoms with Gasteiger partial charge in [-0.1, -0.05) is 0 Å². The van der Waals surface area contributed by atoms with Gasteiger partial charge in [-0.25, -0.2) is 4.79 Å². The van der Waals surface area contributed by atoms with E-state index in [1.54, 1.807) is 6.92 Å². The summed E-state index contributed by atoms with van der Waals surface area (Å²) in [6.07, 6.45) is 0.581. The van der Waals surface area contributed by atoms with Gasteiger partial charge in [0.05, 0.1) is 19.2 Å². The minimum atomic E-state index is -1.19. The molecule has 1 aromatic heterocycles. The summed E-state index contributed by atoms with van der Waals surface area (Å²) < 4.78 is 12.1. The van der Waals surface area contributed by atoms with E-state index in [1.165, 1.54) is 16.8 Å². The average Bonchev–Trinajstić information content (AvgIpc) is 2.62. The number of hydrogen-bond donors (Lipinski definition) is 2. The SMILES string of the molecule is C[C@]1(O)CC(COPI)OC1n1ccc(=O)[nH]c1=O. The molecule has 1 fully saturated rings. The summed E-state index contributed by atoms with van der Waals surface area (Å²) in [5, 5.41) is 10.3. The van der Waals surface area contributed by atoms with Gasteiger partial charge in [-0.05, 0) is 29.0 Å². The Balaban J connectivity index is 2.24. The molecule has 3 unspecified atom stereocenters. The molecule has 1 aliphatic heterocycles. The Kier molecular flexibility index (Phi) is 4.78. The molecule has 0 amide bonds. The van der Waals surface area contributed by atoms with Gasteiger partial charge in [-0.3, -0.25) is 14.3 Å². The van der Waals surface area contributed by atoms with Crippen molar-refractivity contribution in [1.82, 2.24) is 9.55 Å². The van der Waals surface area contributed by atoms with Crippen LogP contribution in [0.3, 0.4) is 0 Å². The van der Waals surface area contributed by atoms with Gasteiger partial charge >= 0.3 is 5.69 Å². The van der Waals surface area contributed by atoms with Crippen molar-refractivity contribution >= 4 is 28.5 Å². The largest absolute Gasteiger partial charge is 0.385 e. The molecule has 1 aromatic rings. The Morgan fingerprint density at radius 3 is 3.11 bits per heavy atom. The maximum absolute atomic E-state index is 11.7. The fourth-order valence-corrected chi connectivity index (χ4v) is 2.93. The lowest BCUT2D eigenvalue weighted by atomic mass is 10.0. The lowest BCUT2D eigenvalue weighted by molar-refractivity contribution is -0.0877. The minimum absolute atomic E-state index is 0.277. The van der Waals surface area contributed by atoms with Crippen molar-refractivity contribution in [3.8, 4) is 0 Å². The fraction of sp³-hybridized carbons (Fsp3) is 0.600. The van der Waals surface area contributed by atoms with Crippen LogP contribution < -0.4 is 11.2 Å². The highest BCUT2D eigenvalue weighted by Gasteiger charge is 2.45. The monoisotopic (exact) mass is 400 g/mol. The third kappa shape index (κ3) is 3.43. The van der Waals surface area contributed by atoms with E-state index < -0.39 is 23.1 Å². The number of hydrogen-bond acceptors (Lipinski definition) is 5. The van der Waals surface area contributed by atoms with Crippen molar-refractivity contribution < 1.29 is 14.4 Å². The molecule has 2 N–H and O–H groups in total. The molecule has 2 heterocycles. The van der Waals surface area contributed by atoms with Crippen LogP contribution in [0.25, 0.3) is 0 Å². The van der Waals surface area contributed by atoms with Gasteiger partial charge in [0.25, 0.3) is 5.56 Å². The molecule has 0 aromatic carbocycles. The molecule has 4 atom stereocenters. The van der Waals surface area contributed by atoms with Crippen molar-refractivity contribution in [1.29, 1.82) is 0 Å². The zero-order valence-electron chi connectivity index (χ0n) is 10.1. The zero-order chi connectivity index (χ0) is 14.0. The Morgan fingerprint density at radius 1 is 1.74 bits per heavy atom. The number of ether oxygens (including phenoxy) is 1. The molecule has 2 rings (SSSR count). The summed E-state index contributed by atoms with van der Waals surface area (Å²) in [5.41, 5.74) is -2.27. The molecule has 1 saturated heterocycles. The van der Waals surface area contributed by atoms with Crippen molar-refractivity contribution in [3.05, 3.63) is 33.1 Å². The predicted molar refractivity (Wildman–Crippen MR) is 78.8 cm³/mol. The number of aliphatic hydroxyl groups is 1. The first-order valence-electron chi connectivity index (χ1n) is 5.61. The van der Waals surface area contributed by atoms with Crippen LogP contribution in [0.5, 0.6) is 0 Å². The van der Waals surface area contributed by atoms with Gasteiger partial charge < -0.3 is 14.4 Å². The maximum Gasteiger partial charge on any atom is 0.330 e. The second-order valence-corrected chi connectivity index (χ2v) is 6.34. The van der Waals surface area contributed by atoms with Crippen molar-refractivity contribution in [2.24, 2.45) is 0 Å². The summed E-state index contributed by atoms with van der Waals surface area (Å²) in [6, 6.07) is 1.22. The maximum atomic E-state index is 11.7. The van der Waals surface area contributed by atoms with Crippen LogP contribution >= 0.6 is 28.5 Å². The molecule has 1 aliphatic rings. The van der Waals surface area contributed by atoms with E-state index in [0.717, 1.165) is 0 Å². The third-order valence-corrected chi connectivity index (χ3v) is 4.13. The Labute approximate surface area is 123 Å². The van der Waals surface area contributed by atoms with Crippen LogP contribution in [0, 0.1) is 0 Å². The van der Waals surface area contributed by atoms with E-state index in [9.17, 15) is 14.7 Å². The molecule has 0 bridgehead atoms. The van der Waals surface area contributed by atoms with Crippen LogP contribution in [0.15, 0.2) is 21.9 Å². The number of aromatic amines is 1. The molecule has 0 aliphatic carbocycles. The Hall–Kier alpha value is -0.280. The van der Waals surface area contributed by atoms with E-state index in [0.29, 0.717) is 19.5 Å². The van der Waals surface area contributed by atoms with Crippen molar-refractivity contribution in [3.63, 3.8) is 0 Å². The summed E-state index contributed by atoms with van der Waals surface area (Å²) in [7, 11) is 0. The molecule has 0 spiro atoms. The summed E-state index contributed by atoms with van der Waals surface area (Å²) in [4.78, 5) is 24.9. The highest BCUT2D eigenvalue weighted by Crippen LogP contribution is 2.38. The molecule has 0 saturated carbocycles. The first-order chi connectivity index (χ1) is 8.94. The summed E-state index contributed by atoms with van der Waals surface area (Å²) >= 11 is 2.10. The third-order valence-electron chi connectivity index (χ3n) is 2.92. The van der Waals surface area contributed by atoms with Gasteiger partial charge in [0, 0.05) is 18.7 Å². The van der Waals surface area contributed by atoms with Gasteiger partial charge in [-0.2, -0.15) is 0 Å². The van der Waals surface area contributed by atoms with E-state index in [1.807, 2.05) is 0 Å². The van der Waals surface area contributed by atoms with Gasteiger partial charge in [0.15, 0.2) is 6.23 Å². The molecule has 7 nitrogen and oxygen atoms in total. The normalized spacial score (nSPS) is 31.3. The summed E-state index contributed by atoms with van der Waals surface area (Å²) in [5.74, 6) is 0. The zero-order valence-corrected chi connectivity index (χ0v) is 13.3. The molecule has 9 heteroatoms. The fourth-order valence-electron chi connectivity index (χ4n) is 2.14. The first-order valence-corrected chi connectivity index (χ1v) is 9.63. The van der Waals surface area contributed by atoms with Gasteiger partial charge in [-0.15, -0.1) is 0 Å². The van der Waals surface area contributed by atoms with Crippen LogP contribution in [-0.4, -0.2) is 33.0 Å². The predicted octanol–water partition coefficient (Wildman–Crippen LogP) is 0.535. The van der Waals surface area contributed by atoms with E-state index in [2.05, 4.69) is 27.0 Å². The molecular formula is C10H14IN2O5P. The Morgan fingerprint density at radius 2 is 2.47 bits per heavy atom. The van der Waals surface area contributed by atoms with Crippen LogP contribution in [0.1, 0.15) is 19.6 Å². The molecular weight excluding hydrogens is 386 g/mol. The average molecular weight is 400 g/mol. The number of nitrogens with one attached hydrogen (secondary N) is 1. The van der Waals surface area contributed by atoms with E-state index in [4.69, 9.17) is 9.26 Å². The Bertz CT molecular complexity index is 557. The molecule has 106 valence electrons. The number of aromatic nitrogens is 2. The van der Waals surface area contributed by atoms with Crippen LogP contribution in [-0.2, 0) is 9.26 Å². The molecule has 0 radical (unpaired) electrons.